The Hall–Kier alpha value is -3.86. The molecule has 8 nitrogen and oxygen atoms in total. The number of carbonyl (C=O) groups is 1. The van der Waals surface area contributed by atoms with Crippen molar-refractivity contribution in [2.24, 2.45) is 0 Å². The third kappa shape index (κ3) is 5.61. The number of amides is 1. The molecule has 1 saturated heterocycles. The number of thioether (sulfide) groups is 1. The molecule has 0 saturated carbocycles. The van der Waals surface area contributed by atoms with E-state index in [-0.39, 0.29) is 23.2 Å². The number of hydrogen-bond acceptors (Lipinski definition) is 7. The van der Waals surface area contributed by atoms with Crippen molar-refractivity contribution in [3.63, 3.8) is 0 Å². The van der Waals surface area contributed by atoms with Gasteiger partial charge in [-0.25, -0.2) is 23.4 Å². The lowest BCUT2D eigenvalue weighted by Crippen LogP contribution is -2.49. The number of nitrogens with zero attached hydrogens (tertiary/aromatic N) is 7. The normalized spacial score (nSPS) is 13.7. The van der Waals surface area contributed by atoms with Gasteiger partial charge in [-0.3, -0.25) is 4.79 Å². The molecule has 0 unspecified atom stereocenters. The highest BCUT2D eigenvalue weighted by molar-refractivity contribution is 7.98. The first-order valence-corrected chi connectivity index (χ1v) is 12.8. The van der Waals surface area contributed by atoms with E-state index < -0.39 is 0 Å². The first kappa shape index (κ1) is 24.8. The molecule has 0 N–H and O–H groups in total. The third-order valence-corrected chi connectivity index (χ3v) is 6.95. The number of aryl methyl sites for hydroxylation is 2. The van der Waals surface area contributed by atoms with Crippen LogP contribution in [-0.2, 0) is 5.75 Å². The van der Waals surface area contributed by atoms with E-state index >= 15 is 0 Å². The molecule has 0 bridgehead atoms. The summed E-state index contributed by atoms with van der Waals surface area (Å²) in [6.07, 6.45) is 0. The number of rotatable bonds is 6. The molecular formula is C26H25F2N7OS. The van der Waals surface area contributed by atoms with Gasteiger partial charge in [0.25, 0.3) is 5.91 Å². The van der Waals surface area contributed by atoms with Crippen LogP contribution in [0, 0.1) is 25.5 Å². The summed E-state index contributed by atoms with van der Waals surface area (Å²) in [6.45, 7) is 6.03. The molecule has 1 aliphatic rings. The standard InChI is InChI=1S/C26H25F2N7OS/c1-17-15-18(2)30-26(29-17)37-16-23-24(31-32-35(23)22-9-5-20(28)6-10-22)25(36)34-13-11-33(12-14-34)21-7-3-19(27)4-8-21/h3-10,15H,11-14,16H2,1-2H3. The maximum atomic E-state index is 13.6. The van der Waals surface area contributed by atoms with Gasteiger partial charge in [0, 0.05) is 49.0 Å². The van der Waals surface area contributed by atoms with E-state index in [0.29, 0.717) is 48.5 Å². The van der Waals surface area contributed by atoms with Gasteiger partial charge in [-0.15, -0.1) is 5.10 Å². The Morgan fingerprint density at radius 2 is 1.43 bits per heavy atom. The molecule has 1 fully saturated rings. The van der Waals surface area contributed by atoms with Crippen LogP contribution in [0.15, 0.2) is 59.8 Å². The maximum absolute atomic E-state index is 13.6. The quantitative estimate of drug-likeness (QED) is 0.278. The van der Waals surface area contributed by atoms with Crippen LogP contribution in [-0.4, -0.2) is 61.9 Å². The largest absolute Gasteiger partial charge is 0.368 e. The van der Waals surface area contributed by atoms with Gasteiger partial charge in [-0.05, 0) is 68.4 Å². The fourth-order valence-electron chi connectivity index (χ4n) is 4.25. The zero-order chi connectivity index (χ0) is 25.9. The number of halogens is 2. The molecule has 0 aliphatic carbocycles. The predicted octanol–water partition coefficient (Wildman–Crippen LogP) is 4.21. The fourth-order valence-corrected chi connectivity index (χ4v) is 5.19. The van der Waals surface area contributed by atoms with Crippen LogP contribution >= 0.6 is 11.8 Å². The van der Waals surface area contributed by atoms with Gasteiger partial charge in [0.05, 0.1) is 11.4 Å². The van der Waals surface area contributed by atoms with Crippen LogP contribution in [0.25, 0.3) is 5.69 Å². The van der Waals surface area contributed by atoms with E-state index in [9.17, 15) is 13.6 Å². The van der Waals surface area contributed by atoms with Gasteiger partial charge in [0.1, 0.15) is 11.6 Å². The topological polar surface area (TPSA) is 80.0 Å². The molecule has 4 aromatic rings. The number of piperazine rings is 1. The summed E-state index contributed by atoms with van der Waals surface area (Å²) < 4.78 is 28.4. The molecule has 1 amide bonds. The zero-order valence-corrected chi connectivity index (χ0v) is 21.3. The molecule has 37 heavy (non-hydrogen) atoms. The fraction of sp³-hybridized carbons (Fsp3) is 0.269. The zero-order valence-electron chi connectivity index (χ0n) is 20.4. The average Bonchev–Trinajstić information content (AvgIpc) is 3.31. The third-order valence-electron chi connectivity index (χ3n) is 6.10. The van der Waals surface area contributed by atoms with Crippen LogP contribution in [0.2, 0.25) is 0 Å². The second-order valence-electron chi connectivity index (χ2n) is 8.75. The van der Waals surface area contributed by atoms with Crippen LogP contribution in [0.1, 0.15) is 27.6 Å². The monoisotopic (exact) mass is 521 g/mol. The summed E-state index contributed by atoms with van der Waals surface area (Å²) in [4.78, 5) is 26.4. The van der Waals surface area contributed by atoms with Crippen molar-refractivity contribution in [2.45, 2.75) is 24.8 Å². The van der Waals surface area contributed by atoms with E-state index in [4.69, 9.17) is 0 Å². The molecule has 2 aromatic heterocycles. The molecule has 11 heteroatoms. The van der Waals surface area contributed by atoms with Gasteiger partial charge in [0.15, 0.2) is 10.9 Å². The van der Waals surface area contributed by atoms with E-state index in [1.54, 1.807) is 33.8 Å². The van der Waals surface area contributed by atoms with Crippen molar-refractivity contribution in [2.75, 3.05) is 31.1 Å². The van der Waals surface area contributed by atoms with Crippen molar-refractivity contribution in [1.82, 2.24) is 29.9 Å². The first-order valence-electron chi connectivity index (χ1n) is 11.8. The van der Waals surface area contributed by atoms with Crippen molar-refractivity contribution in [3.8, 4) is 5.69 Å². The Bertz CT molecular complexity index is 1380. The van der Waals surface area contributed by atoms with Crippen molar-refractivity contribution in [1.29, 1.82) is 0 Å². The Kier molecular flexibility index (Phi) is 7.13. The molecule has 0 spiro atoms. The predicted molar refractivity (Wildman–Crippen MR) is 137 cm³/mol. The van der Waals surface area contributed by atoms with Crippen LogP contribution < -0.4 is 4.90 Å². The Morgan fingerprint density at radius 3 is 2.03 bits per heavy atom. The molecule has 1 aliphatic heterocycles. The lowest BCUT2D eigenvalue weighted by atomic mass is 10.2. The minimum absolute atomic E-state index is 0.218. The van der Waals surface area contributed by atoms with Crippen LogP contribution in [0.4, 0.5) is 14.5 Å². The van der Waals surface area contributed by atoms with Gasteiger partial charge < -0.3 is 9.80 Å². The Labute approximate surface area is 217 Å². The summed E-state index contributed by atoms with van der Waals surface area (Å²) in [7, 11) is 0. The van der Waals surface area contributed by atoms with Crippen molar-refractivity contribution >= 4 is 23.4 Å². The number of benzene rings is 2. The minimum Gasteiger partial charge on any atom is -0.368 e. The second-order valence-corrected chi connectivity index (χ2v) is 9.69. The summed E-state index contributed by atoms with van der Waals surface area (Å²) in [5, 5.41) is 9.08. The lowest BCUT2D eigenvalue weighted by molar-refractivity contribution is 0.0740. The summed E-state index contributed by atoms with van der Waals surface area (Å²) in [5.41, 5.74) is 4.07. The van der Waals surface area contributed by atoms with Crippen molar-refractivity contribution < 1.29 is 13.6 Å². The number of carbonyl (C=O) groups excluding carboxylic acids is 1. The highest BCUT2D eigenvalue weighted by Gasteiger charge is 2.28. The molecule has 2 aromatic carbocycles. The first-order chi connectivity index (χ1) is 17.9. The Balaban J connectivity index is 1.38. The smallest absolute Gasteiger partial charge is 0.276 e. The molecule has 0 atom stereocenters. The van der Waals surface area contributed by atoms with E-state index in [1.807, 2.05) is 19.9 Å². The van der Waals surface area contributed by atoms with E-state index in [1.165, 1.54) is 36.0 Å². The molecule has 190 valence electrons. The molecule has 5 rings (SSSR count). The number of hydrogen-bond donors (Lipinski definition) is 0. The number of anilines is 1. The summed E-state index contributed by atoms with van der Waals surface area (Å²) in [6, 6.07) is 14.1. The van der Waals surface area contributed by atoms with Gasteiger partial charge in [-0.2, -0.15) is 0 Å². The molecular weight excluding hydrogens is 496 g/mol. The van der Waals surface area contributed by atoms with Crippen LogP contribution in [0.3, 0.4) is 0 Å². The average molecular weight is 522 g/mol. The van der Waals surface area contributed by atoms with Gasteiger partial charge >= 0.3 is 0 Å². The molecule has 3 heterocycles. The van der Waals surface area contributed by atoms with Crippen molar-refractivity contribution in [3.05, 3.63) is 89.0 Å². The molecule has 0 radical (unpaired) electrons. The van der Waals surface area contributed by atoms with Gasteiger partial charge in [0.2, 0.25) is 0 Å². The summed E-state index contributed by atoms with van der Waals surface area (Å²) in [5.74, 6) is -0.509. The summed E-state index contributed by atoms with van der Waals surface area (Å²) >= 11 is 1.39. The highest BCUT2D eigenvalue weighted by atomic mass is 32.2. The highest BCUT2D eigenvalue weighted by Crippen LogP contribution is 2.25. The van der Waals surface area contributed by atoms with Crippen LogP contribution in [0.5, 0.6) is 0 Å². The maximum Gasteiger partial charge on any atom is 0.276 e. The van der Waals surface area contributed by atoms with E-state index in [0.717, 1.165) is 17.1 Å². The SMILES string of the molecule is Cc1cc(C)nc(SCc2c(C(=O)N3CCN(c4ccc(F)cc4)CC3)nnn2-c2ccc(F)cc2)n1. The second kappa shape index (κ2) is 10.6. The lowest BCUT2D eigenvalue weighted by Gasteiger charge is -2.35. The van der Waals surface area contributed by atoms with E-state index in [2.05, 4.69) is 25.2 Å². The number of aromatic nitrogens is 5. The van der Waals surface area contributed by atoms with Gasteiger partial charge in [-0.1, -0.05) is 17.0 Å². The minimum atomic E-state index is -0.362. The Morgan fingerprint density at radius 1 is 0.865 bits per heavy atom.